The molecule has 2 aliphatic rings. The van der Waals surface area contributed by atoms with E-state index in [2.05, 4.69) is 10.3 Å². The minimum atomic E-state index is -0.520. The van der Waals surface area contributed by atoms with E-state index in [9.17, 15) is 9.59 Å². The fourth-order valence-corrected chi connectivity index (χ4v) is 4.71. The molecule has 2 fully saturated rings. The highest BCUT2D eigenvalue weighted by molar-refractivity contribution is 5.83. The molecule has 0 bridgehead atoms. The largest absolute Gasteiger partial charge is 0.444 e. The topological polar surface area (TPSA) is 116 Å². The quantitative estimate of drug-likeness (QED) is 0.470. The Hall–Kier alpha value is -3.63. The molecule has 4 heterocycles. The predicted molar refractivity (Wildman–Crippen MR) is 140 cm³/mol. The first-order chi connectivity index (χ1) is 17.9. The number of benzene rings is 1. The number of ether oxygens (including phenoxy) is 2. The van der Waals surface area contributed by atoms with Gasteiger partial charge in [0.25, 0.3) is 0 Å². The second kappa shape index (κ2) is 9.59. The highest BCUT2D eigenvalue weighted by Gasteiger charge is 2.36. The number of likely N-dealkylation sites (tertiary alicyclic amines) is 2. The number of aromatic nitrogens is 4. The maximum Gasteiger partial charge on any atom is 0.410 e. The van der Waals surface area contributed by atoms with Crippen molar-refractivity contribution in [2.24, 2.45) is 0 Å². The summed E-state index contributed by atoms with van der Waals surface area (Å²) in [6.07, 6.45) is 2.72. The van der Waals surface area contributed by atoms with Crippen molar-refractivity contribution in [2.45, 2.75) is 77.5 Å². The van der Waals surface area contributed by atoms with Crippen LogP contribution in [-0.4, -0.2) is 79.3 Å². The molecule has 0 N–H and O–H groups in total. The molecule has 1 aromatic carbocycles. The maximum absolute atomic E-state index is 12.4. The molecule has 0 atom stereocenters. The van der Waals surface area contributed by atoms with E-state index in [1.807, 2.05) is 70.6 Å². The number of carbonyl (C=O) groups is 2. The molecular formula is C27H36N6O5. The third-order valence-electron chi connectivity index (χ3n) is 6.65. The van der Waals surface area contributed by atoms with E-state index < -0.39 is 11.2 Å². The van der Waals surface area contributed by atoms with Crippen LogP contribution in [0.3, 0.4) is 0 Å². The Labute approximate surface area is 222 Å². The summed E-state index contributed by atoms with van der Waals surface area (Å²) in [6, 6.07) is 6.04. The summed E-state index contributed by atoms with van der Waals surface area (Å²) < 4.78 is 18.5. The summed E-state index contributed by atoms with van der Waals surface area (Å²) in [7, 11) is 0. The van der Waals surface area contributed by atoms with E-state index in [-0.39, 0.29) is 24.1 Å². The zero-order valence-electron chi connectivity index (χ0n) is 22.9. The Balaban J connectivity index is 1.24. The Morgan fingerprint density at radius 2 is 1.58 bits per heavy atom. The summed E-state index contributed by atoms with van der Waals surface area (Å²) in [5.41, 5.74) is 0.757. The Morgan fingerprint density at radius 3 is 2.21 bits per heavy atom. The van der Waals surface area contributed by atoms with Crippen LogP contribution in [0.4, 0.5) is 9.59 Å². The van der Waals surface area contributed by atoms with Gasteiger partial charge in [-0.05, 0) is 60.5 Å². The van der Waals surface area contributed by atoms with Crippen LogP contribution in [0.1, 0.15) is 72.2 Å². The number of nitrogens with zero attached hydrogens (tertiary/aromatic N) is 6. The van der Waals surface area contributed by atoms with Gasteiger partial charge in [-0.15, -0.1) is 0 Å². The lowest BCUT2D eigenvalue weighted by atomic mass is 9.97. The number of fused-ring (bicyclic) bond motifs is 1. The van der Waals surface area contributed by atoms with Crippen molar-refractivity contribution in [1.29, 1.82) is 0 Å². The maximum atomic E-state index is 12.4. The fourth-order valence-electron chi connectivity index (χ4n) is 4.71. The standard InChI is InChI=1S/C27H36N6O5/c1-26(2,3)36-24(34)31-11-9-17(10-12-31)23-29-22(30-38-23)18-7-8-19-14-28-33(21(19)13-18)20-15-32(16-20)25(35)37-27(4,5)6/h7-8,13-14,17,20H,9-12,15-16H2,1-6H3. The molecule has 204 valence electrons. The SMILES string of the molecule is CC(C)(C)OC(=O)N1CCC(c2nc(-c3ccc4cnn(C5CN(C(=O)OC(C)(C)C)C5)c4c3)no2)CC1. The fraction of sp³-hybridized carbons (Fsp3) is 0.593. The van der Waals surface area contributed by atoms with Gasteiger partial charge < -0.3 is 23.8 Å². The van der Waals surface area contributed by atoms with Crippen molar-refractivity contribution < 1.29 is 23.6 Å². The van der Waals surface area contributed by atoms with Crippen LogP contribution in [0.2, 0.25) is 0 Å². The average molecular weight is 525 g/mol. The van der Waals surface area contributed by atoms with E-state index in [0.717, 1.165) is 29.3 Å². The summed E-state index contributed by atoms with van der Waals surface area (Å²) in [5.74, 6) is 1.20. The molecule has 2 aliphatic heterocycles. The molecule has 3 aromatic rings. The third kappa shape index (κ3) is 5.61. The molecule has 2 aromatic heterocycles. The average Bonchev–Trinajstić information content (AvgIpc) is 3.43. The van der Waals surface area contributed by atoms with Gasteiger partial charge in [-0.2, -0.15) is 10.1 Å². The summed E-state index contributed by atoms with van der Waals surface area (Å²) >= 11 is 0. The Bertz CT molecular complexity index is 1320. The molecule has 2 saturated heterocycles. The first kappa shape index (κ1) is 26.0. The van der Waals surface area contributed by atoms with Crippen LogP contribution >= 0.6 is 0 Å². The number of hydrogen-bond acceptors (Lipinski definition) is 8. The van der Waals surface area contributed by atoms with Crippen molar-refractivity contribution in [3.63, 3.8) is 0 Å². The number of piperidine rings is 1. The van der Waals surface area contributed by atoms with E-state index in [4.69, 9.17) is 19.0 Å². The monoisotopic (exact) mass is 524 g/mol. The predicted octanol–water partition coefficient (Wildman–Crippen LogP) is 4.99. The first-order valence-electron chi connectivity index (χ1n) is 13.1. The van der Waals surface area contributed by atoms with Gasteiger partial charge in [0, 0.05) is 43.0 Å². The number of rotatable bonds is 3. The van der Waals surface area contributed by atoms with Crippen molar-refractivity contribution >= 4 is 23.1 Å². The molecule has 5 rings (SSSR count). The number of amides is 2. The van der Waals surface area contributed by atoms with Crippen molar-refractivity contribution in [3.05, 3.63) is 30.3 Å². The molecule has 0 saturated carbocycles. The van der Waals surface area contributed by atoms with E-state index >= 15 is 0 Å². The first-order valence-corrected chi connectivity index (χ1v) is 13.1. The lowest BCUT2D eigenvalue weighted by Crippen LogP contribution is -2.52. The molecular weight excluding hydrogens is 488 g/mol. The van der Waals surface area contributed by atoms with Gasteiger partial charge in [0.1, 0.15) is 11.2 Å². The molecule has 0 unspecified atom stereocenters. The van der Waals surface area contributed by atoms with E-state index in [1.54, 1.807) is 9.80 Å². The molecule has 11 heteroatoms. The number of carbonyl (C=O) groups excluding carboxylic acids is 2. The van der Waals surface area contributed by atoms with Gasteiger partial charge in [-0.1, -0.05) is 17.3 Å². The second-order valence-electron chi connectivity index (χ2n) is 12.1. The van der Waals surface area contributed by atoms with Gasteiger partial charge in [-0.25, -0.2) is 9.59 Å². The molecule has 0 radical (unpaired) electrons. The van der Waals surface area contributed by atoms with Crippen LogP contribution in [0, 0.1) is 0 Å². The van der Waals surface area contributed by atoms with Crippen LogP contribution < -0.4 is 0 Å². The van der Waals surface area contributed by atoms with Crippen molar-refractivity contribution in [1.82, 2.24) is 29.7 Å². The van der Waals surface area contributed by atoms with Crippen molar-refractivity contribution in [3.8, 4) is 11.4 Å². The van der Waals surface area contributed by atoms with Gasteiger partial charge in [0.15, 0.2) is 0 Å². The van der Waals surface area contributed by atoms with Gasteiger partial charge in [-0.3, -0.25) is 4.68 Å². The van der Waals surface area contributed by atoms with Gasteiger partial charge in [0.05, 0.1) is 17.8 Å². The lowest BCUT2D eigenvalue weighted by molar-refractivity contribution is 0.000116. The number of hydrogen-bond donors (Lipinski definition) is 0. The highest BCUT2D eigenvalue weighted by Crippen LogP contribution is 2.32. The van der Waals surface area contributed by atoms with Crippen LogP contribution in [0.15, 0.2) is 28.9 Å². The summed E-state index contributed by atoms with van der Waals surface area (Å²) in [6.45, 7) is 13.5. The van der Waals surface area contributed by atoms with E-state index in [0.29, 0.717) is 37.9 Å². The van der Waals surface area contributed by atoms with E-state index in [1.165, 1.54) is 0 Å². The normalized spacial score (nSPS) is 17.5. The molecule has 0 spiro atoms. The highest BCUT2D eigenvalue weighted by atomic mass is 16.6. The lowest BCUT2D eigenvalue weighted by Gasteiger charge is -2.39. The molecule has 2 amide bonds. The van der Waals surface area contributed by atoms with Crippen LogP contribution in [0.25, 0.3) is 22.3 Å². The Morgan fingerprint density at radius 1 is 0.947 bits per heavy atom. The zero-order valence-corrected chi connectivity index (χ0v) is 22.9. The summed E-state index contributed by atoms with van der Waals surface area (Å²) in [5, 5.41) is 9.82. The van der Waals surface area contributed by atoms with Gasteiger partial charge >= 0.3 is 12.2 Å². The van der Waals surface area contributed by atoms with Crippen LogP contribution in [-0.2, 0) is 9.47 Å². The molecule has 38 heavy (non-hydrogen) atoms. The zero-order chi connectivity index (χ0) is 27.2. The minimum Gasteiger partial charge on any atom is -0.444 e. The third-order valence-corrected chi connectivity index (χ3v) is 6.65. The summed E-state index contributed by atoms with van der Waals surface area (Å²) in [4.78, 5) is 32.8. The second-order valence-corrected chi connectivity index (χ2v) is 12.1. The Kier molecular flexibility index (Phi) is 6.56. The molecule has 11 nitrogen and oxygen atoms in total. The molecule has 0 aliphatic carbocycles. The smallest absolute Gasteiger partial charge is 0.410 e. The van der Waals surface area contributed by atoms with Crippen molar-refractivity contribution in [2.75, 3.05) is 26.2 Å². The minimum absolute atomic E-state index is 0.0752. The van der Waals surface area contributed by atoms with Crippen LogP contribution in [0.5, 0.6) is 0 Å². The van der Waals surface area contributed by atoms with Gasteiger partial charge in [0.2, 0.25) is 11.7 Å².